The molecule has 0 radical (unpaired) electrons. The van der Waals surface area contributed by atoms with Gasteiger partial charge in [0.2, 0.25) is 5.60 Å². The first-order chi connectivity index (χ1) is 16.6. The maximum absolute atomic E-state index is 17.2. The number of alkyl halides is 2. The zero-order valence-electron chi connectivity index (χ0n) is 21.7. The summed E-state index contributed by atoms with van der Waals surface area (Å²) >= 11 is 0. The van der Waals surface area contributed by atoms with Crippen molar-refractivity contribution in [2.24, 2.45) is 34.5 Å². The summed E-state index contributed by atoms with van der Waals surface area (Å²) in [7, 11) is 0. The van der Waals surface area contributed by atoms with Crippen LogP contribution < -0.4 is 0 Å². The molecular formula is C27H36F2O7. The second-order valence-corrected chi connectivity index (χ2v) is 12.1. The lowest BCUT2D eigenvalue weighted by atomic mass is 9.44. The van der Waals surface area contributed by atoms with E-state index in [0.29, 0.717) is 0 Å². The van der Waals surface area contributed by atoms with Crippen molar-refractivity contribution in [3.63, 3.8) is 0 Å². The number of allylic oxidation sites excluding steroid dienone is 1. The average molecular weight is 511 g/mol. The number of hydrogen-bond acceptors (Lipinski definition) is 6. The number of aliphatic carboxylic acids is 1. The van der Waals surface area contributed by atoms with E-state index in [2.05, 4.69) is 0 Å². The van der Waals surface area contributed by atoms with Gasteiger partial charge in [-0.05, 0) is 63.0 Å². The topological polar surface area (TPSA) is 107 Å². The molecule has 0 aromatic heterocycles. The first-order valence-electron chi connectivity index (χ1n) is 12.8. The summed E-state index contributed by atoms with van der Waals surface area (Å²) in [5, 5.41) is 10.5. The summed E-state index contributed by atoms with van der Waals surface area (Å²) in [6, 6.07) is 0. The number of carboxylic acid groups (broad SMARTS) is 1. The van der Waals surface area contributed by atoms with E-state index in [1.54, 1.807) is 20.8 Å². The van der Waals surface area contributed by atoms with Crippen LogP contribution in [0, 0.1) is 34.5 Å². The molecule has 4 rings (SSSR count). The number of fused-ring (bicyclic) bond motifs is 5. The Morgan fingerprint density at radius 3 is 2.33 bits per heavy atom. The van der Waals surface area contributed by atoms with E-state index in [0.717, 1.165) is 6.08 Å². The smallest absolute Gasteiger partial charge is 0.478 e. The Labute approximate surface area is 210 Å². The fourth-order valence-corrected chi connectivity index (χ4v) is 7.79. The summed E-state index contributed by atoms with van der Waals surface area (Å²) in [5.41, 5.74) is -7.27. The number of ether oxygens (including phenoxy) is 2. The molecule has 9 heteroatoms. The van der Waals surface area contributed by atoms with Gasteiger partial charge in [-0.2, -0.15) is 0 Å². The molecule has 200 valence electrons. The monoisotopic (exact) mass is 510 g/mol. The molecule has 0 heterocycles. The van der Waals surface area contributed by atoms with Crippen LogP contribution in [-0.4, -0.2) is 52.3 Å². The largest absolute Gasteiger partial charge is 0.509 e. The van der Waals surface area contributed by atoms with Gasteiger partial charge in [-0.3, -0.25) is 9.59 Å². The highest BCUT2D eigenvalue weighted by molar-refractivity contribution is 6.12. The fraction of sp³-hybridized carbons (Fsp3) is 0.778. The van der Waals surface area contributed by atoms with Gasteiger partial charge in [0.05, 0.1) is 11.8 Å². The summed E-state index contributed by atoms with van der Waals surface area (Å²) < 4.78 is 43.7. The Kier molecular flexibility index (Phi) is 6.20. The van der Waals surface area contributed by atoms with E-state index in [1.165, 1.54) is 6.92 Å². The molecule has 0 aromatic rings. The van der Waals surface area contributed by atoms with Crippen LogP contribution in [0.3, 0.4) is 0 Å². The fourth-order valence-electron chi connectivity index (χ4n) is 7.79. The minimum absolute atomic E-state index is 0.00930. The van der Waals surface area contributed by atoms with Crippen molar-refractivity contribution in [1.29, 1.82) is 0 Å². The molecule has 3 saturated carbocycles. The lowest BCUT2D eigenvalue weighted by molar-refractivity contribution is -0.207. The highest BCUT2D eigenvalue weighted by Crippen LogP contribution is 2.71. The summed E-state index contributed by atoms with van der Waals surface area (Å²) in [6.07, 6.45) is -3.00. The van der Waals surface area contributed by atoms with Crippen LogP contribution in [0.15, 0.2) is 11.6 Å². The van der Waals surface area contributed by atoms with Crippen molar-refractivity contribution in [2.75, 3.05) is 0 Å². The van der Waals surface area contributed by atoms with Crippen LogP contribution in [0.1, 0.15) is 73.6 Å². The van der Waals surface area contributed by atoms with Crippen LogP contribution in [0.2, 0.25) is 0 Å². The minimum Gasteiger partial charge on any atom is -0.478 e. The van der Waals surface area contributed by atoms with Gasteiger partial charge >= 0.3 is 12.1 Å². The van der Waals surface area contributed by atoms with Gasteiger partial charge in [0.1, 0.15) is 17.9 Å². The van der Waals surface area contributed by atoms with E-state index in [4.69, 9.17) is 9.47 Å². The molecule has 0 spiro atoms. The molecule has 7 nitrogen and oxygen atoms in total. The first-order valence-corrected chi connectivity index (χ1v) is 12.8. The van der Waals surface area contributed by atoms with Gasteiger partial charge in [-0.25, -0.2) is 18.4 Å². The lowest BCUT2D eigenvalue weighted by Gasteiger charge is -2.61. The van der Waals surface area contributed by atoms with Crippen LogP contribution >= 0.6 is 0 Å². The predicted octanol–water partition coefficient (Wildman–Crippen LogP) is 5.00. The van der Waals surface area contributed by atoms with Crippen molar-refractivity contribution in [3.8, 4) is 0 Å². The summed E-state index contributed by atoms with van der Waals surface area (Å²) in [5.74, 6) is -4.89. The average Bonchev–Trinajstić information content (AvgIpc) is 2.99. The molecule has 1 N–H and O–H groups in total. The zero-order valence-corrected chi connectivity index (χ0v) is 21.7. The SMILES string of the molecule is CC(C)C(C)OC(=O)O[C@@]1(C(=O)O)[C@H](C)C[C@H]2[C@@H]3C[C@H](F)C4=CC(=O)CC(=O)[C@]4(C)C3(F)CC[C@@]21C. The van der Waals surface area contributed by atoms with Gasteiger partial charge in [0.25, 0.3) is 0 Å². The predicted molar refractivity (Wildman–Crippen MR) is 125 cm³/mol. The van der Waals surface area contributed by atoms with E-state index in [-0.39, 0.29) is 37.2 Å². The molecule has 0 aliphatic heterocycles. The Bertz CT molecular complexity index is 1040. The third-order valence-corrected chi connectivity index (χ3v) is 10.2. The molecule has 0 bridgehead atoms. The molecule has 0 amide bonds. The molecule has 9 atom stereocenters. The summed E-state index contributed by atoms with van der Waals surface area (Å²) in [6.45, 7) is 10.1. The number of carbonyl (C=O) groups excluding carboxylic acids is 3. The zero-order chi connectivity index (χ0) is 27.0. The Morgan fingerprint density at radius 2 is 1.75 bits per heavy atom. The number of rotatable bonds is 4. The highest BCUT2D eigenvalue weighted by Gasteiger charge is 2.77. The molecule has 0 saturated heterocycles. The Balaban J connectivity index is 1.76. The van der Waals surface area contributed by atoms with Gasteiger partial charge in [-0.1, -0.05) is 27.7 Å². The van der Waals surface area contributed by atoms with Gasteiger partial charge in [0, 0.05) is 17.3 Å². The van der Waals surface area contributed by atoms with E-state index in [9.17, 15) is 24.3 Å². The van der Waals surface area contributed by atoms with Gasteiger partial charge < -0.3 is 14.6 Å². The van der Waals surface area contributed by atoms with Crippen molar-refractivity contribution in [3.05, 3.63) is 11.6 Å². The number of halogens is 2. The Hall–Kier alpha value is -2.32. The second kappa shape index (κ2) is 8.35. The summed E-state index contributed by atoms with van der Waals surface area (Å²) in [4.78, 5) is 50.7. The third-order valence-electron chi connectivity index (χ3n) is 10.2. The molecular weight excluding hydrogens is 474 g/mol. The molecule has 36 heavy (non-hydrogen) atoms. The molecule has 2 unspecified atom stereocenters. The quantitative estimate of drug-likeness (QED) is 0.419. The van der Waals surface area contributed by atoms with Crippen molar-refractivity contribution >= 4 is 23.7 Å². The van der Waals surface area contributed by atoms with Crippen LogP contribution in [-0.2, 0) is 23.9 Å². The minimum atomic E-state index is -2.15. The van der Waals surface area contributed by atoms with E-state index in [1.807, 2.05) is 13.8 Å². The Morgan fingerprint density at radius 1 is 1.11 bits per heavy atom. The maximum atomic E-state index is 17.2. The third kappa shape index (κ3) is 3.26. The van der Waals surface area contributed by atoms with Gasteiger partial charge in [-0.15, -0.1) is 0 Å². The number of carbonyl (C=O) groups is 4. The van der Waals surface area contributed by atoms with Crippen molar-refractivity contribution in [2.45, 2.75) is 97.2 Å². The van der Waals surface area contributed by atoms with Crippen molar-refractivity contribution < 1.29 is 42.5 Å². The number of Topliss-reactive ketones (excluding diaryl/α,β-unsaturated/α-hetero) is 1. The van der Waals surface area contributed by atoms with E-state index >= 15 is 8.78 Å². The molecule has 4 aliphatic rings. The van der Waals surface area contributed by atoms with E-state index < -0.39 is 82.2 Å². The molecule has 3 fully saturated rings. The van der Waals surface area contributed by atoms with Crippen LogP contribution in [0.25, 0.3) is 0 Å². The second-order valence-electron chi connectivity index (χ2n) is 12.1. The highest BCUT2D eigenvalue weighted by atomic mass is 19.1. The first kappa shape index (κ1) is 26.7. The van der Waals surface area contributed by atoms with Gasteiger partial charge in [0.15, 0.2) is 11.6 Å². The van der Waals surface area contributed by atoms with Crippen LogP contribution in [0.5, 0.6) is 0 Å². The molecule has 0 aromatic carbocycles. The number of hydrogen-bond donors (Lipinski definition) is 1. The normalized spacial score (nSPS) is 44.8. The lowest BCUT2D eigenvalue weighted by Crippen LogP contribution is -2.68. The number of ketones is 2. The standard InChI is InChI=1S/C27H36F2O7/c1-13(2)15(4)35-23(34)36-27(22(32)33)14(3)9-17-18-12-20(28)19-10-16(30)11-21(31)25(19,6)26(18,29)8-7-24(17,27)5/h10,13-15,17-18,20H,7-9,11-12H2,1-6H3,(H,32,33)/t14-,15?,17+,18+,20+,24+,25-,26?,27-/m1/s1. The van der Waals surface area contributed by atoms with Crippen LogP contribution in [0.4, 0.5) is 13.6 Å². The maximum Gasteiger partial charge on any atom is 0.509 e. The van der Waals surface area contributed by atoms with Crippen molar-refractivity contribution in [1.82, 2.24) is 0 Å². The number of carboxylic acids is 1. The molecule has 4 aliphatic carbocycles.